The fourth-order valence-electron chi connectivity index (χ4n) is 1.80. The lowest BCUT2D eigenvalue weighted by Crippen LogP contribution is -2.14. The van der Waals surface area contributed by atoms with E-state index in [1.807, 2.05) is 0 Å². The molecule has 0 aliphatic rings. The minimum atomic E-state index is -0.643. The molecule has 0 atom stereocenters. The van der Waals surface area contributed by atoms with Gasteiger partial charge in [0.05, 0.1) is 11.5 Å². The maximum absolute atomic E-state index is 12.2. The second-order valence-corrected chi connectivity index (χ2v) is 4.67. The summed E-state index contributed by atoms with van der Waals surface area (Å²) < 4.78 is 0. The molecule has 0 radical (unpaired) electrons. The Bertz CT molecular complexity index is 703. The van der Waals surface area contributed by atoms with Crippen molar-refractivity contribution >= 4 is 28.9 Å². The molecule has 2 aromatic rings. The molecule has 2 rings (SSSR count). The van der Waals surface area contributed by atoms with Crippen LogP contribution in [0.15, 0.2) is 42.5 Å². The van der Waals surface area contributed by atoms with Crippen molar-refractivity contribution in [1.82, 2.24) is 0 Å². The minimum absolute atomic E-state index is 0.123. The van der Waals surface area contributed by atoms with Gasteiger partial charge in [-0.2, -0.15) is 0 Å². The van der Waals surface area contributed by atoms with Crippen LogP contribution < -0.4 is 5.32 Å². The molecule has 2 aromatic carbocycles. The van der Waals surface area contributed by atoms with E-state index < -0.39 is 10.8 Å². The molecule has 0 aromatic heterocycles. The Hall–Kier alpha value is -2.44. The highest BCUT2D eigenvalue weighted by Gasteiger charge is 2.20. The summed E-state index contributed by atoms with van der Waals surface area (Å²) in [6, 6.07) is 10.3. The number of nitrogens with one attached hydrogen (secondary N) is 1. The predicted octanol–water partition coefficient (Wildman–Crippen LogP) is 2.99. The van der Waals surface area contributed by atoms with Crippen LogP contribution >= 0.6 is 11.6 Å². The van der Waals surface area contributed by atoms with E-state index in [0.29, 0.717) is 11.3 Å². The van der Waals surface area contributed by atoms with Gasteiger partial charge in [-0.15, -0.1) is 0 Å². The molecule has 0 bridgehead atoms. The van der Waals surface area contributed by atoms with Crippen molar-refractivity contribution in [3.8, 4) is 0 Å². The predicted molar refractivity (Wildman–Crippen MR) is 78.4 cm³/mol. The van der Waals surface area contributed by atoms with Gasteiger partial charge in [-0.25, -0.2) is 0 Å². The van der Waals surface area contributed by atoms with Crippen LogP contribution in [0.3, 0.4) is 0 Å². The van der Waals surface area contributed by atoms with Gasteiger partial charge >= 0.3 is 0 Å². The number of nitro benzene ring substituents is 1. The van der Waals surface area contributed by atoms with Gasteiger partial charge in [0.15, 0.2) is 0 Å². The standard InChI is InChI=1S/C14H11ClN2O4/c15-10-4-5-13(17(20)21)12(7-10)14(19)16-11-3-1-2-9(6-11)8-18/h1-7,18H,8H2,(H,16,19). The van der Waals surface area contributed by atoms with Gasteiger partial charge in [-0.3, -0.25) is 14.9 Å². The second kappa shape index (κ2) is 6.34. The van der Waals surface area contributed by atoms with Crippen molar-refractivity contribution < 1.29 is 14.8 Å². The SMILES string of the molecule is O=C(Nc1cccc(CO)c1)c1cc(Cl)ccc1[N+](=O)[O-]. The zero-order valence-corrected chi connectivity index (χ0v) is 11.5. The van der Waals surface area contributed by atoms with E-state index in [9.17, 15) is 14.9 Å². The topological polar surface area (TPSA) is 92.5 Å². The van der Waals surface area contributed by atoms with Gasteiger partial charge in [-0.1, -0.05) is 23.7 Å². The number of benzene rings is 2. The average Bonchev–Trinajstić information content (AvgIpc) is 2.47. The first-order valence-corrected chi connectivity index (χ1v) is 6.34. The van der Waals surface area contributed by atoms with E-state index in [-0.39, 0.29) is 22.9 Å². The lowest BCUT2D eigenvalue weighted by molar-refractivity contribution is -0.385. The normalized spacial score (nSPS) is 10.2. The van der Waals surface area contributed by atoms with Gasteiger partial charge < -0.3 is 10.4 Å². The summed E-state index contributed by atoms with van der Waals surface area (Å²) in [5, 5.41) is 22.8. The van der Waals surface area contributed by atoms with Crippen LogP contribution in [0.4, 0.5) is 11.4 Å². The molecule has 0 fully saturated rings. The molecular formula is C14H11ClN2O4. The van der Waals surface area contributed by atoms with Crippen molar-refractivity contribution in [2.24, 2.45) is 0 Å². The number of hydrogen-bond donors (Lipinski definition) is 2. The molecule has 6 nitrogen and oxygen atoms in total. The van der Waals surface area contributed by atoms with Gasteiger partial charge in [-0.05, 0) is 29.8 Å². The monoisotopic (exact) mass is 306 g/mol. The maximum atomic E-state index is 12.2. The van der Waals surface area contributed by atoms with Gasteiger partial charge in [0, 0.05) is 16.8 Å². The molecule has 1 amide bonds. The van der Waals surface area contributed by atoms with E-state index in [1.54, 1.807) is 24.3 Å². The van der Waals surface area contributed by atoms with E-state index in [4.69, 9.17) is 16.7 Å². The number of aliphatic hydroxyl groups excluding tert-OH is 1. The van der Waals surface area contributed by atoms with Gasteiger partial charge in [0.1, 0.15) is 5.56 Å². The van der Waals surface area contributed by atoms with Crippen LogP contribution in [0.25, 0.3) is 0 Å². The lowest BCUT2D eigenvalue weighted by Gasteiger charge is -2.07. The number of rotatable bonds is 4. The van der Waals surface area contributed by atoms with Crippen LogP contribution in [0, 0.1) is 10.1 Å². The smallest absolute Gasteiger partial charge is 0.282 e. The van der Waals surface area contributed by atoms with Crippen LogP contribution in [-0.4, -0.2) is 15.9 Å². The molecule has 0 unspecified atom stereocenters. The third-order valence-corrected chi connectivity index (χ3v) is 3.00. The Balaban J connectivity index is 2.31. The first kappa shape index (κ1) is 15.0. The highest BCUT2D eigenvalue weighted by atomic mass is 35.5. The number of amides is 1. The quantitative estimate of drug-likeness (QED) is 0.671. The third kappa shape index (κ3) is 3.56. The van der Waals surface area contributed by atoms with E-state index in [2.05, 4.69) is 5.32 Å². The Morgan fingerprint density at radius 3 is 2.71 bits per heavy atom. The number of nitro groups is 1. The zero-order valence-electron chi connectivity index (χ0n) is 10.7. The minimum Gasteiger partial charge on any atom is -0.392 e. The molecule has 21 heavy (non-hydrogen) atoms. The van der Waals surface area contributed by atoms with Crippen LogP contribution in [0.2, 0.25) is 5.02 Å². The van der Waals surface area contributed by atoms with Gasteiger partial charge in [0.2, 0.25) is 0 Å². The summed E-state index contributed by atoms with van der Waals surface area (Å²) in [5.74, 6) is -0.640. The highest BCUT2D eigenvalue weighted by molar-refractivity contribution is 6.31. The molecule has 0 saturated heterocycles. The van der Waals surface area contributed by atoms with E-state index in [1.165, 1.54) is 18.2 Å². The molecule has 0 saturated carbocycles. The Morgan fingerprint density at radius 2 is 2.05 bits per heavy atom. The number of nitrogens with zero attached hydrogens (tertiary/aromatic N) is 1. The first-order chi connectivity index (χ1) is 10.0. The summed E-state index contributed by atoms with van der Waals surface area (Å²) in [7, 11) is 0. The molecule has 0 heterocycles. The molecule has 0 aliphatic heterocycles. The zero-order chi connectivity index (χ0) is 15.4. The van der Waals surface area contributed by atoms with E-state index in [0.717, 1.165) is 0 Å². The van der Waals surface area contributed by atoms with Crippen LogP contribution in [-0.2, 0) is 6.61 Å². The number of aliphatic hydroxyl groups is 1. The highest BCUT2D eigenvalue weighted by Crippen LogP contribution is 2.24. The fraction of sp³-hybridized carbons (Fsp3) is 0.0714. The van der Waals surface area contributed by atoms with Crippen molar-refractivity contribution in [3.05, 3.63) is 68.7 Å². The number of hydrogen-bond acceptors (Lipinski definition) is 4. The Morgan fingerprint density at radius 1 is 1.29 bits per heavy atom. The second-order valence-electron chi connectivity index (χ2n) is 4.23. The van der Waals surface area contributed by atoms with Gasteiger partial charge in [0.25, 0.3) is 11.6 Å². The molecule has 0 aliphatic carbocycles. The first-order valence-electron chi connectivity index (χ1n) is 5.96. The fourth-order valence-corrected chi connectivity index (χ4v) is 1.97. The Labute approximate surface area is 125 Å². The molecule has 7 heteroatoms. The lowest BCUT2D eigenvalue weighted by atomic mass is 10.1. The maximum Gasteiger partial charge on any atom is 0.282 e. The van der Waals surface area contributed by atoms with Crippen LogP contribution in [0.5, 0.6) is 0 Å². The number of anilines is 1. The van der Waals surface area contributed by atoms with E-state index >= 15 is 0 Å². The van der Waals surface area contributed by atoms with Crippen molar-refractivity contribution in [2.75, 3.05) is 5.32 Å². The number of carbonyl (C=O) groups excluding carboxylic acids is 1. The number of halogens is 1. The van der Waals surface area contributed by atoms with Crippen molar-refractivity contribution in [2.45, 2.75) is 6.61 Å². The van der Waals surface area contributed by atoms with Crippen molar-refractivity contribution in [1.29, 1.82) is 0 Å². The third-order valence-electron chi connectivity index (χ3n) is 2.77. The number of carbonyl (C=O) groups is 1. The Kier molecular flexibility index (Phi) is 4.52. The summed E-state index contributed by atoms with van der Waals surface area (Å²) in [6.07, 6.45) is 0. The summed E-state index contributed by atoms with van der Waals surface area (Å²) in [5.41, 5.74) is 0.603. The molecule has 108 valence electrons. The molecule has 0 spiro atoms. The average molecular weight is 307 g/mol. The largest absolute Gasteiger partial charge is 0.392 e. The molecular weight excluding hydrogens is 296 g/mol. The van der Waals surface area contributed by atoms with Crippen LogP contribution in [0.1, 0.15) is 15.9 Å². The summed E-state index contributed by atoms with van der Waals surface area (Å²) in [4.78, 5) is 22.5. The summed E-state index contributed by atoms with van der Waals surface area (Å²) in [6.45, 7) is -0.166. The van der Waals surface area contributed by atoms with Crippen molar-refractivity contribution in [3.63, 3.8) is 0 Å². The molecule has 2 N–H and O–H groups in total. The summed E-state index contributed by atoms with van der Waals surface area (Å²) >= 11 is 5.78.